The average Bonchev–Trinajstić information content (AvgIpc) is 2.44. The third-order valence-electron chi connectivity index (χ3n) is 2.27. The fourth-order valence-electron chi connectivity index (χ4n) is 1.36. The number of rotatable bonds is 6. The van der Waals surface area contributed by atoms with Gasteiger partial charge in [-0.15, -0.1) is 0 Å². The first kappa shape index (κ1) is 14.8. The van der Waals surface area contributed by atoms with Crippen LogP contribution in [0.5, 0.6) is 5.75 Å². The summed E-state index contributed by atoms with van der Waals surface area (Å²) in [5.74, 6) is -0.143. The van der Waals surface area contributed by atoms with Gasteiger partial charge in [-0.1, -0.05) is 18.2 Å². The van der Waals surface area contributed by atoms with E-state index in [1.54, 1.807) is 6.08 Å². The molecule has 1 N–H and O–H groups in total. The van der Waals surface area contributed by atoms with Crippen LogP contribution in [0.1, 0.15) is 12.5 Å². The molecule has 0 aromatic heterocycles. The summed E-state index contributed by atoms with van der Waals surface area (Å²) < 4.78 is 9.84. The summed E-state index contributed by atoms with van der Waals surface area (Å²) in [5, 5.41) is 2.41. The van der Waals surface area contributed by atoms with E-state index in [0.29, 0.717) is 12.4 Å². The average molecular weight is 263 g/mol. The number of para-hydroxylation sites is 1. The van der Waals surface area contributed by atoms with Gasteiger partial charge in [0.2, 0.25) is 5.91 Å². The minimum Gasteiger partial charge on any atom is -0.493 e. The molecule has 0 heterocycles. The predicted molar refractivity (Wildman–Crippen MR) is 71.7 cm³/mol. The standard InChI is InChI=1S/C14H17NO4/c1-3-19-12-7-5-4-6-11(12)8-9-13(16)15-10-14(17)18-2/h4-9H,3,10H2,1-2H3,(H,15,16)/b9-8+. The molecule has 0 unspecified atom stereocenters. The summed E-state index contributed by atoms with van der Waals surface area (Å²) in [6.45, 7) is 2.30. The van der Waals surface area contributed by atoms with Gasteiger partial charge in [-0.3, -0.25) is 9.59 Å². The predicted octanol–water partition coefficient (Wildman–Crippen LogP) is 1.39. The fraction of sp³-hybridized carbons (Fsp3) is 0.286. The molecule has 0 spiro atoms. The summed E-state index contributed by atoms with van der Waals surface area (Å²) in [6, 6.07) is 7.39. The largest absolute Gasteiger partial charge is 0.493 e. The molecule has 0 bridgehead atoms. The van der Waals surface area contributed by atoms with Gasteiger partial charge in [-0.05, 0) is 19.1 Å². The molecule has 102 valence electrons. The third-order valence-corrected chi connectivity index (χ3v) is 2.27. The zero-order valence-corrected chi connectivity index (χ0v) is 11.0. The number of hydrogen-bond donors (Lipinski definition) is 1. The highest BCUT2D eigenvalue weighted by Gasteiger charge is 2.03. The smallest absolute Gasteiger partial charge is 0.325 e. The van der Waals surface area contributed by atoms with E-state index in [0.717, 1.165) is 5.56 Å². The number of esters is 1. The maximum atomic E-state index is 11.5. The number of carbonyl (C=O) groups excluding carboxylic acids is 2. The fourth-order valence-corrected chi connectivity index (χ4v) is 1.36. The molecule has 0 radical (unpaired) electrons. The molecule has 0 saturated heterocycles. The molecule has 1 aromatic rings. The highest BCUT2D eigenvalue weighted by Crippen LogP contribution is 2.19. The lowest BCUT2D eigenvalue weighted by Crippen LogP contribution is -2.28. The van der Waals surface area contributed by atoms with Crippen molar-refractivity contribution in [3.05, 3.63) is 35.9 Å². The van der Waals surface area contributed by atoms with E-state index in [2.05, 4.69) is 10.1 Å². The van der Waals surface area contributed by atoms with Crippen molar-refractivity contribution in [2.75, 3.05) is 20.3 Å². The van der Waals surface area contributed by atoms with Crippen molar-refractivity contribution in [2.45, 2.75) is 6.92 Å². The van der Waals surface area contributed by atoms with Crippen LogP contribution < -0.4 is 10.1 Å². The maximum Gasteiger partial charge on any atom is 0.325 e. The lowest BCUT2D eigenvalue weighted by atomic mass is 10.2. The Morgan fingerprint density at radius 3 is 2.74 bits per heavy atom. The van der Waals surface area contributed by atoms with E-state index < -0.39 is 5.97 Å². The summed E-state index contributed by atoms with van der Waals surface area (Å²) >= 11 is 0. The molecule has 0 saturated carbocycles. The lowest BCUT2D eigenvalue weighted by molar-refractivity contribution is -0.140. The first-order valence-electron chi connectivity index (χ1n) is 5.92. The maximum absolute atomic E-state index is 11.5. The second kappa shape index (κ2) is 7.92. The summed E-state index contributed by atoms with van der Waals surface area (Å²) in [7, 11) is 1.27. The van der Waals surface area contributed by atoms with Crippen molar-refractivity contribution < 1.29 is 19.1 Å². The highest BCUT2D eigenvalue weighted by molar-refractivity contribution is 5.93. The first-order valence-corrected chi connectivity index (χ1v) is 5.92. The van der Waals surface area contributed by atoms with Gasteiger partial charge in [0, 0.05) is 11.6 Å². The van der Waals surface area contributed by atoms with Crippen LogP contribution in [0.4, 0.5) is 0 Å². The molecule has 0 atom stereocenters. The second-order valence-electron chi connectivity index (χ2n) is 3.60. The molecule has 5 heteroatoms. The van der Waals surface area contributed by atoms with Gasteiger partial charge in [-0.2, -0.15) is 0 Å². The Labute approximate surface area is 112 Å². The summed E-state index contributed by atoms with van der Waals surface area (Å²) in [4.78, 5) is 22.3. The van der Waals surface area contributed by atoms with E-state index in [-0.39, 0.29) is 12.5 Å². The van der Waals surface area contributed by atoms with Crippen LogP contribution in [-0.2, 0) is 14.3 Å². The van der Waals surface area contributed by atoms with Gasteiger partial charge in [0.1, 0.15) is 12.3 Å². The number of amides is 1. The van der Waals surface area contributed by atoms with E-state index in [1.807, 2.05) is 31.2 Å². The Morgan fingerprint density at radius 1 is 1.32 bits per heavy atom. The molecule has 1 rings (SSSR count). The molecule has 0 aliphatic rings. The SMILES string of the molecule is CCOc1ccccc1/C=C/C(=O)NCC(=O)OC. The van der Waals surface area contributed by atoms with Crippen molar-refractivity contribution >= 4 is 18.0 Å². The first-order chi connectivity index (χ1) is 9.17. The minimum absolute atomic E-state index is 0.146. The molecular weight excluding hydrogens is 246 g/mol. The summed E-state index contributed by atoms with van der Waals surface area (Å²) in [6.07, 6.45) is 2.98. The van der Waals surface area contributed by atoms with Crippen LogP contribution in [-0.4, -0.2) is 32.1 Å². The third kappa shape index (κ3) is 5.25. The Hall–Kier alpha value is -2.30. The zero-order valence-electron chi connectivity index (χ0n) is 11.0. The van der Waals surface area contributed by atoms with E-state index in [4.69, 9.17) is 4.74 Å². The van der Waals surface area contributed by atoms with Crippen LogP contribution in [0.3, 0.4) is 0 Å². The van der Waals surface area contributed by atoms with Crippen molar-refractivity contribution in [2.24, 2.45) is 0 Å². The van der Waals surface area contributed by atoms with E-state index >= 15 is 0 Å². The number of hydrogen-bond acceptors (Lipinski definition) is 4. The number of carbonyl (C=O) groups is 2. The Bertz CT molecular complexity index is 468. The Morgan fingerprint density at radius 2 is 2.05 bits per heavy atom. The van der Waals surface area contributed by atoms with Crippen LogP contribution in [0.15, 0.2) is 30.3 Å². The Balaban J connectivity index is 2.60. The monoisotopic (exact) mass is 263 g/mol. The van der Waals surface area contributed by atoms with Crippen molar-refractivity contribution in [1.29, 1.82) is 0 Å². The minimum atomic E-state index is -0.489. The number of benzene rings is 1. The Kier molecular flexibility index (Phi) is 6.15. The number of nitrogens with one attached hydrogen (secondary N) is 1. The van der Waals surface area contributed by atoms with Crippen molar-refractivity contribution in [1.82, 2.24) is 5.32 Å². The van der Waals surface area contributed by atoms with Gasteiger partial charge >= 0.3 is 5.97 Å². The topological polar surface area (TPSA) is 64.6 Å². The molecule has 1 aromatic carbocycles. The van der Waals surface area contributed by atoms with Gasteiger partial charge in [0.15, 0.2) is 0 Å². The zero-order chi connectivity index (χ0) is 14.1. The normalized spacial score (nSPS) is 10.2. The molecule has 0 fully saturated rings. The lowest BCUT2D eigenvalue weighted by Gasteiger charge is -2.06. The van der Waals surface area contributed by atoms with Crippen molar-refractivity contribution in [3.63, 3.8) is 0 Å². The molecule has 0 aliphatic carbocycles. The van der Waals surface area contributed by atoms with Crippen molar-refractivity contribution in [3.8, 4) is 5.75 Å². The van der Waals surface area contributed by atoms with Gasteiger partial charge in [0.05, 0.1) is 13.7 Å². The number of ether oxygens (including phenoxy) is 2. The quantitative estimate of drug-likeness (QED) is 0.622. The molecule has 1 amide bonds. The van der Waals surface area contributed by atoms with E-state index in [9.17, 15) is 9.59 Å². The van der Waals surface area contributed by atoms with Gasteiger partial charge in [0.25, 0.3) is 0 Å². The number of methoxy groups -OCH3 is 1. The molecule has 0 aliphatic heterocycles. The van der Waals surface area contributed by atoms with Crippen LogP contribution in [0.2, 0.25) is 0 Å². The van der Waals surface area contributed by atoms with Crippen LogP contribution in [0.25, 0.3) is 6.08 Å². The molecular formula is C14H17NO4. The van der Waals surface area contributed by atoms with Crippen LogP contribution in [0, 0.1) is 0 Å². The van der Waals surface area contributed by atoms with Gasteiger partial charge < -0.3 is 14.8 Å². The molecule has 5 nitrogen and oxygen atoms in total. The summed E-state index contributed by atoms with van der Waals surface area (Å²) in [5.41, 5.74) is 0.803. The van der Waals surface area contributed by atoms with Crippen LogP contribution >= 0.6 is 0 Å². The molecule has 19 heavy (non-hydrogen) atoms. The van der Waals surface area contributed by atoms with E-state index in [1.165, 1.54) is 13.2 Å². The van der Waals surface area contributed by atoms with Gasteiger partial charge in [-0.25, -0.2) is 0 Å². The highest BCUT2D eigenvalue weighted by atomic mass is 16.5. The second-order valence-corrected chi connectivity index (χ2v) is 3.60.